The first-order valence-electron chi connectivity index (χ1n) is 6.03. The third kappa shape index (κ3) is 3.55. The van der Waals surface area contributed by atoms with Crippen molar-refractivity contribution in [3.63, 3.8) is 0 Å². The molecule has 0 aliphatic carbocycles. The van der Waals surface area contributed by atoms with Gasteiger partial charge in [-0.15, -0.1) is 0 Å². The predicted molar refractivity (Wildman–Crippen MR) is 74.1 cm³/mol. The molecule has 19 heavy (non-hydrogen) atoms. The molecule has 1 aromatic heterocycles. The summed E-state index contributed by atoms with van der Waals surface area (Å²) in [5.41, 5.74) is 7.43. The average Bonchev–Trinajstić information content (AvgIpc) is 2.41. The quantitative estimate of drug-likeness (QED) is 0.889. The van der Waals surface area contributed by atoms with Crippen LogP contribution < -0.4 is 10.5 Å². The molecule has 98 valence electrons. The number of carbonyl (C=O) groups excluding carboxylic acids is 1. The summed E-state index contributed by atoms with van der Waals surface area (Å²) >= 11 is 0. The second kappa shape index (κ2) is 6.00. The van der Waals surface area contributed by atoms with E-state index in [1.165, 1.54) is 0 Å². The lowest BCUT2D eigenvalue weighted by Crippen LogP contribution is -2.09. The number of methoxy groups -OCH3 is 1. The standard InChI is InChI=1S/C15H16N2O2/c1-19-14-6-2-4-11(9-14)8-13(18)10-12-5-3-7-17-15(12)16/h2-7,9H,8,10H2,1H3,(H2,16,17). The van der Waals surface area contributed by atoms with Gasteiger partial charge >= 0.3 is 0 Å². The number of nitrogen functional groups attached to an aromatic ring is 1. The molecule has 0 spiro atoms. The fraction of sp³-hybridized carbons (Fsp3) is 0.200. The maximum absolute atomic E-state index is 12.0. The van der Waals surface area contributed by atoms with Crippen LogP contribution in [0.5, 0.6) is 5.75 Å². The molecule has 2 aromatic rings. The van der Waals surface area contributed by atoms with E-state index in [0.29, 0.717) is 18.7 Å². The molecule has 1 heterocycles. The van der Waals surface area contributed by atoms with E-state index >= 15 is 0 Å². The lowest BCUT2D eigenvalue weighted by molar-refractivity contribution is -0.117. The van der Waals surface area contributed by atoms with Gasteiger partial charge in [0.1, 0.15) is 17.4 Å². The van der Waals surface area contributed by atoms with Gasteiger partial charge in [0.15, 0.2) is 0 Å². The summed E-state index contributed by atoms with van der Waals surface area (Å²) in [4.78, 5) is 16.0. The summed E-state index contributed by atoms with van der Waals surface area (Å²) < 4.78 is 5.13. The minimum Gasteiger partial charge on any atom is -0.497 e. The number of benzene rings is 1. The molecular formula is C15H16N2O2. The second-order valence-electron chi connectivity index (χ2n) is 4.29. The Morgan fingerprint density at radius 2 is 2.11 bits per heavy atom. The van der Waals surface area contributed by atoms with E-state index < -0.39 is 0 Å². The van der Waals surface area contributed by atoms with Crippen molar-refractivity contribution in [2.45, 2.75) is 12.8 Å². The maximum Gasteiger partial charge on any atom is 0.141 e. The molecule has 0 aliphatic rings. The summed E-state index contributed by atoms with van der Waals surface area (Å²) in [7, 11) is 1.61. The number of hydrogen-bond donors (Lipinski definition) is 1. The Kier molecular flexibility index (Phi) is 4.13. The van der Waals surface area contributed by atoms with Gasteiger partial charge in [-0.25, -0.2) is 4.98 Å². The van der Waals surface area contributed by atoms with Gasteiger partial charge in [-0.3, -0.25) is 4.79 Å². The molecule has 0 aliphatic heterocycles. The number of anilines is 1. The Bertz CT molecular complexity index is 582. The van der Waals surface area contributed by atoms with Crippen molar-refractivity contribution in [2.75, 3.05) is 12.8 Å². The van der Waals surface area contributed by atoms with Crippen LogP contribution in [0, 0.1) is 0 Å². The van der Waals surface area contributed by atoms with Crippen LogP contribution >= 0.6 is 0 Å². The van der Waals surface area contributed by atoms with Crippen molar-refractivity contribution in [1.82, 2.24) is 4.98 Å². The summed E-state index contributed by atoms with van der Waals surface area (Å²) in [6, 6.07) is 11.1. The molecule has 0 amide bonds. The Labute approximate surface area is 112 Å². The molecule has 0 atom stereocenters. The Morgan fingerprint density at radius 3 is 2.84 bits per heavy atom. The lowest BCUT2D eigenvalue weighted by atomic mass is 10.0. The van der Waals surface area contributed by atoms with Crippen LogP contribution in [0.2, 0.25) is 0 Å². The number of ketones is 1. The SMILES string of the molecule is COc1cccc(CC(=O)Cc2cccnc2N)c1. The highest BCUT2D eigenvalue weighted by Gasteiger charge is 2.08. The van der Waals surface area contributed by atoms with Gasteiger partial charge in [-0.05, 0) is 23.8 Å². The molecule has 0 fully saturated rings. The van der Waals surface area contributed by atoms with E-state index in [-0.39, 0.29) is 5.78 Å². The molecule has 0 bridgehead atoms. The van der Waals surface area contributed by atoms with Crippen molar-refractivity contribution < 1.29 is 9.53 Å². The minimum atomic E-state index is 0.105. The van der Waals surface area contributed by atoms with Gasteiger partial charge in [-0.1, -0.05) is 18.2 Å². The number of aromatic nitrogens is 1. The predicted octanol–water partition coefficient (Wildman–Crippen LogP) is 2.03. The molecule has 0 saturated carbocycles. The van der Waals surface area contributed by atoms with Gasteiger partial charge in [0.2, 0.25) is 0 Å². The van der Waals surface area contributed by atoms with E-state index in [4.69, 9.17) is 10.5 Å². The largest absolute Gasteiger partial charge is 0.497 e. The Hall–Kier alpha value is -2.36. The van der Waals surface area contributed by atoms with Crippen LogP contribution in [0.15, 0.2) is 42.6 Å². The molecule has 4 heteroatoms. The lowest BCUT2D eigenvalue weighted by Gasteiger charge is -2.05. The number of carbonyl (C=O) groups is 1. The summed E-state index contributed by atoms with van der Waals surface area (Å²) in [5, 5.41) is 0. The average molecular weight is 256 g/mol. The topological polar surface area (TPSA) is 65.2 Å². The van der Waals surface area contributed by atoms with E-state index in [9.17, 15) is 4.79 Å². The van der Waals surface area contributed by atoms with Crippen LogP contribution in [0.25, 0.3) is 0 Å². The van der Waals surface area contributed by atoms with Gasteiger partial charge in [0.05, 0.1) is 7.11 Å². The summed E-state index contributed by atoms with van der Waals surface area (Å²) in [6.07, 6.45) is 2.29. The number of Topliss-reactive ketones (excluding diaryl/α,β-unsaturated/α-hetero) is 1. The normalized spacial score (nSPS) is 10.2. The number of nitrogens with zero attached hydrogens (tertiary/aromatic N) is 1. The zero-order chi connectivity index (χ0) is 13.7. The maximum atomic E-state index is 12.0. The van der Waals surface area contributed by atoms with Crippen LogP contribution in [0.3, 0.4) is 0 Å². The molecule has 0 radical (unpaired) electrons. The van der Waals surface area contributed by atoms with E-state index in [2.05, 4.69) is 4.98 Å². The number of nitrogens with two attached hydrogens (primary N) is 1. The smallest absolute Gasteiger partial charge is 0.141 e. The molecule has 2 N–H and O–H groups in total. The third-order valence-corrected chi connectivity index (χ3v) is 2.85. The highest BCUT2D eigenvalue weighted by Crippen LogP contribution is 2.15. The fourth-order valence-electron chi connectivity index (χ4n) is 1.89. The molecular weight excluding hydrogens is 240 g/mol. The summed E-state index contributed by atoms with van der Waals surface area (Å²) in [5.74, 6) is 1.28. The van der Waals surface area contributed by atoms with Crippen LogP contribution in [-0.4, -0.2) is 17.9 Å². The van der Waals surface area contributed by atoms with Gasteiger partial charge in [0.25, 0.3) is 0 Å². The van der Waals surface area contributed by atoms with Crippen molar-refractivity contribution in [3.8, 4) is 5.75 Å². The van der Waals surface area contributed by atoms with Gasteiger partial charge < -0.3 is 10.5 Å². The van der Waals surface area contributed by atoms with Crippen molar-refractivity contribution in [3.05, 3.63) is 53.7 Å². The molecule has 0 saturated heterocycles. The molecule has 1 aromatic carbocycles. The van der Waals surface area contributed by atoms with Gasteiger partial charge in [-0.2, -0.15) is 0 Å². The molecule has 0 unspecified atom stereocenters. The minimum absolute atomic E-state index is 0.105. The van der Waals surface area contributed by atoms with Crippen molar-refractivity contribution in [1.29, 1.82) is 0 Å². The Morgan fingerprint density at radius 1 is 1.26 bits per heavy atom. The van der Waals surface area contributed by atoms with E-state index in [1.807, 2.05) is 30.3 Å². The first-order valence-corrected chi connectivity index (χ1v) is 6.03. The third-order valence-electron chi connectivity index (χ3n) is 2.85. The molecule has 2 rings (SSSR count). The van der Waals surface area contributed by atoms with E-state index in [0.717, 1.165) is 16.9 Å². The van der Waals surface area contributed by atoms with Crippen LogP contribution in [-0.2, 0) is 17.6 Å². The van der Waals surface area contributed by atoms with Gasteiger partial charge in [0, 0.05) is 24.6 Å². The number of ether oxygens (including phenoxy) is 1. The monoisotopic (exact) mass is 256 g/mol. The van der Waals surface area contributed by atoms with Crippen LogP contribution in [0.4, 0.5) is 5.82 Å². The first kappa shape index (κ1) is 13.1. The first-order chi connectivity index (χ1) is 9.19. The molecule has 4 nitrogen and oxygen atoms in total. The number of rotatable bonds is 5. The number of pyridine rings is 1. The van der Waals surface area contributed by atoms with Crippen LogP contribution in [0.1, 0.15) is 11.1 Å². The zero-order valence-electron chi connectivity index (χ0n) is 10.8. The fourth-order valence-corrected chi connectivity index (χ4v) is 1.89. The Balaban J connectivity index is 2.03. The summed E-state index contributed by atoms with van der Waals surface area (Å²) in [6.45, 7) is 0. The van der Waals surface area contributed by atoms with E-state index in [1.54, 1.807) is 19.4 Å². The van der Waals surface area contributed by atoms with Crippen molar-refractivity contribution >= 4 is 11.6 Å². The van der Waals surface area contributed by atoms with Crippen molar-refractivity contribution in [2.24, 2.45) is 0 Å². The zero-order valence-corrected chi connectivity index (χ0v) is 10.8. The second-order valence-corrected chi connectivity index (χ2v) is 4.29. The number of hydrogen-bond acceptors (Lipinski definition) is 4. The highest BCUT2D eigenvalue weighted by atomic mass is 16.5. The highest BCUT2D eigenvalue weighted by molar-refractivity contribution is 5.84.